The highest BCUT2D eigenvalue weighted by Crippen LogP contribution is 2.03. The molecule has 0 unspecified atom stereocenters. The molecule has 0 aliphatic carbocycles. The molecule has 2 N–H and O–H groups in total. The number of hydrogen-bond acceptors (Lipinski definition) is 5. The second kappa shape index (κ2) is 6.12. The van der Waals surface area contributed by atoms with Gasteiger partial charge < -0.3 is 10.4 Å². The van der Waals surface area contributed by atoms with Crippen LogP contribution in [0.25, 0.3) is 10.9 Å². The van der Waals surface area contributed by atoms with Crippen LogP contribution in [-0.4, -0.2) is 38.0 Å². The van der Waals surface area contributed by atoms with Gasteiger partial charge in [0, 0.05) is 6.42 Å². The summed E-state index contributed by atoms with van der Waals surface area (Å²) in [6.07, 6.45) is -0.0510. The molecule has 0 bridgehead atoms. The van der Waals surface area contributed by atoms with E-state index >= 15 is 0 Å². The van der Waals surface area contributed by atoms with E-state index in [-0.39, 0.29) is 18.5 Å². The van der Waals surface area contributed by atoms with Crippen LogP contribution < -0.4 is 10.9 Å². The molecule has 110 valence electrons. The first kappa shape index (κ1) is 14.6. The number of carbonyl (C=O) groups is 2. The van der Waals surface area contributed by atoms with Gasteiger partial charge in [0.05, 0.1) is 11.9 Å². The number of nitrogens with zero attached hydrogens (tertiary/aromatic N) is 3. The summed E-state index contributed by atoms with van der Waals surface area (Å²) in [5.41, 5.74) is 0.155. The minimum Gasteiger partial charge on any atom is -0.480 e. The maximum atomic E-state index is 12.1. The minimum absolute atomic E-state index is 0.0365. The smallest absolute Gasteiger partial charge is 0.325 e. The Kier molecular flexibility index (Phi) is 4.27. The molecule has 8 nitrogen and oxygen atoms in total. The van der Waals surface area contributed by atoms with Crippen LogP contribution in [0.4, 0.5) is 0 Å². The van der Waals surface area contributed by atoms with Crippen molar-refractivity contribution in [3.05, 3.63) is 34.6 Å². The zero-order valence-electron chi connectivity index (χ0n) is 11.3. The lowest BCUT2D eigenvalue weighted by atomic mass is 10.2. The van der Waals surface area contributed by atoms with Gasteiger partial charge in [-0.1, -0.05) is 17.3 Å². The molecule has 0 fully saturated rings. The van der Waals surface area contributed by atoms with Crippen LogP contribution in [0, 0.1) is 0 Å². The van der Waals surface area contributed by atoms with Crippen LogP contribution in [0.1, 0.15) is 13.3 Å². The van der Waals surface area contributed by atoms with E-state index in [1.165, 1.54) is 6.92 Å². The number of carboxylic acid groups (broad SMARTS) is 1. The van der Waals surface area contributed by atoms with Gasteiger partial charge in [0.25, 0.3) is 5.56 Å². The number of carbonyl (C=O) groups excluding carboxylic acids is 1. The number of aryl methyl sites for hydroxylation is 1. The van der Waals surface area contributed by atoms with Crippen LogP contribution in [0.15, 0.2) is 29.1 Å². The predicted molar refractivity (Wildman–Crippen MR) is 73.7 cm³/mol. The Hall–Kier alpha value is -2.77. The van der Waals surface area contributed by atoms with Crippen molar-refractivity contribution in [1.29, 1.82) is 0 Å². The van der Waals surface area contributed by atoms with E-state index in [0.717, 1.165) is 4.68 Å². The summed E-state index contributed by atoms with van der Waals surface area (Å²) in [6.45, 7) is 1.40. The Balaban J connectivity index is 2.07. The average Bonchev–Trinajstić information content (AvgIpc) is 2.46. The molecule has 0 aliphatic heterocycles. The van der Waals surface area contributed by atoms with Gasteiger partial charge in [0.2, 0.25) is 5.91 Å². The monoisotopic (exact) mass is 290 g/mol. The fourth-order valence-electron chi connectivity index (χ4n) is 1.75. The molecule has 2 aromatic rings. The number of benzene rings is 1. The number of hydrogen-bond donors (Lipinski definition) is 2. The number of rotatable bonds is 5. The predicted octanol–water partition coefficient (Wildman–Crippen LogP) is -0.229. The number of amides is 1. The van der Waals surface area contributed by atoms with E-state index in [2.05, 4.69) is 15.6 Å². The highest BCUT2D eigenvalue weighted by Gasteiger charge is 2.14. The maximum Gasteiger partial charge on any atom is 0.325 e. The normalized spacial score (nSPS) is 12.0. The molecule has 21 heavy (non-hydrogen) atoms. The van der Waals surface area contributed by atoms with Crippen molar-refractivity contribution in [1.82, 2.24) is 20.3 Å². The first-order valence-corrected chi connectivity index (χ1v) is 6.34. The largest absolute Gasteiger partial charge is 0.480 e. The van der Waals surface area contributed by atoms with Crippen LogP contribution >= 0.6 is 0 Å². The Bertz CT molecular complexity index is 740. The highest BCUT2D eigenvalue weighted by atomic mass is 16.4. The Morgan fingerprint density at radius 2 is 2.10 bits per heavy atom. The Labute approximate surface area is 119 Å². The van der Waals surface area contributed by atoms with Gasteiger partial charge in [-0.2, -0.15) is 0 Å². The van der Waals surface area contributed by atoms with Crippen molar-refractivity contribution >= 4 is 22.8 Å². The van der Waals surface area contributed by atoms with Crippen LogP contribution in [0.2, 0.25) is 0 Å². The van der Waals surface area contributed by atoms with Gasteiger partial charge in [0.15, 0.2) is 0 Å². The summed E-state index contributed by atoms with van der Waals surface area (Å²) in [5.74, 6) is -1.59. The molecule has 0 saturated heterocycles. The van der Waals surface area contributed by atoms with E-state index in [0.29, 0.717) is 10.9 Å². The van der Waals surface area contributed by atoms with Crippen molar-refractivity contribution in [2.45, 2.75) is 25.9 Å². The lowest BCUT2D eigenvalue weighted by Crippen LogP contribution is -2.39. The molecule has 1 atom stereocenters. The van der Waals surface area contributed by atoms with Crippen molar-refractivity contribution in [3.8, 4) is 0 Å². The number of aromatic nitrogens is 3. The molecule has 1 amide bonds. The fraction of sp³-hybridized carbons (Fsp3) is 0.308. The van der Waals surface area contributed by atoms with Gasteiger partial charge in [-0.15, -0.1) is 5.10 Å². The zero-order valence-corrected chi connectivity index (χ0v) is 11.3. The first-order valence-electron chi connectivity index (χ1n) is 6.34. The summed E-state index contributed by atoms with van der Waals surface area (Å²) in [7, 11) is 0. The van der Waals surface area contributed by atoms with Crippen LogP contribution in [0.3, 0.4) is 0 Å². The van der Waals surface area contributed by atoms with Crippen LogP contribution in [-0.2, 0) is 16.1 Å². The molecule has 0 saturated carbocycles. The van der Waals surface area contributed by atoms with E-state index < -0.39 is 17.9 Å². The Morgan fingerprint density at radius 1 is 1.38 bits per heavy atom. The summed E-state index contributed by atoms with van der Waals surface area (Å²) < 4.78 is 1.09. The molecular weight excluding hydrogens is 276 g/mol. The van der Waals surface area contributed by atoms with E-state index in [9.17, 15) is 14.4 Å². The van der Waals surface area contributed by atoms with Crippen molar-refractivity contribution in [2.24, 2.45) is 0 Å². The van der Waals surface area contributed by atoms with E-state index in [1.807, 2.05) is 0 Å². The summed E-state index contributed by atoms with van der Waals surface area (Å²) in [6, 6.07) is 5.81. The summed E-state index contributed by atoms with van der Waals surface area (Å²) in [4.78, 5) is 34.3. The number of carboxylic acids is 1. The molecule has 0 aliphatic rings. The Morgan fingerprint density at radius 3 is 2.81 bits per heavy atom. The third-order valence-electron chi connectivity index (χ3n) is 2.93. The average molecular weight is 290 g/mol. The van der Waals surface area contributed by atoms with Gasteiger partial charge in [-0.25, -0.2) is 4.68 Å². The second-order valence-electron chi connectivity index (χ2n) is 4.51. The van der Waals surface area contributed by atoms with Crippen molar-refractivity contribution in [3.63, 3.8) is 0 Å². The third kappa shape index (κ3) is 3.41. The second-order valence-corrected chi connectivity index (χ2v) is 4.51. The molecule has 8 heteroatoms. The van der Waals surface area contributed by atoms with Gasteiger partial charge in [-0.05, 0) is 19.1 Å². The molecule has 2 rings (SSSR count). The molecule has 1 aromatic heterocycles. The van der Waals surface area contributed by atoms with Crippen LogP contribution in [0.5, 0.6) is 0 Å². The number of fused-ring (bicyclic) bond motifs is 1. The topological polar surface area (TPSA) is 114 Å². The zero-order chi connectivity index (χ0) is 15.4. The molecule has 1 aromatic carbocycles. The quantitative estimate of drug-likeness (QED) is 0.786. The van der Waals surface area contributed by atoms with Crippen molar-refractivity contribution < 1.29 is 14.7 Å². The standard InChI is InChI=1S/C13H14N4O4/c1-8(13(20)21)14-11(18)6-7-17-12(19)9-4-2-3-5-10(9)15-16-17/h2-5,8H,6-7H2,1H3,(H,14,18)(H,20,21)/t8-/m1/s1. The minimum atomic E-state index is -1.12. The number of aliphatic carboxylic acids is 1. The van der Waals surface area contributed by atoms with Gasteiger partial charge >= 0.3 is 5.97 Å². The summed E-state index contributed by atoms with van der Waals surface area (Å²) in [5, 5.41) is 19.1. The fourth-order valence-corrected chi connectivity index (χ4v) is 1.75. The first-order chi connectivity index (χ1) is 9.99. The SMILES string of the molecule is C[C@@H](NC(=O)CCn1nnc2ccccc2c1=O)C(=O)O. The lowest BCUT2D eigenvalue weighted by molar-refractivity contribution is -0.141. The summed E-state index contributed by atoms with van der Waals surface area (Å²) >= 11 is 0. The highest BCUT2D eigenvalue weighted by molar-refractivity contribution is 5.83. The lowest BCUT2D eigenvalue weighted by Gasteiger charge is -2.09. The van der Waals surface area contributed by atoms with Gasteiger partial charge in [-0.3, -0.25) is 14.4 Å². The van der Waals surface area contributed by atoms with E-state index in [1.54, 1.807) is 24.3 Å². The maximum absolute atomic E-state index is 12.1. The molecule has 1 heterocycles. The molecular formula is C13H14N4O4. The van der Waals surface area contributed by atoms with Gasteiger partial charge in [0.1, 0.15) is 11.6 Å². The van der Waals surface area contributed by atoms with Crippen molar-refractivity contribution in [2.75, 3.05) is 0 Å². The molecule has 0 radical (unpaired) electrons. The third-order valence-corrected chi connectivity index (χ3v) is 2.93. The van der Waals surface area contributed by atoms with E-state index in [4.69, 9.17) is 5.11 Å². The molecule has 0 spiro atoms. The number of nitrogens with one attached hydrogen (secondary N) is 1.